The Morgan fingerprint density at radius 3 is 1.62 bits per heavy atom. The molecule has 0 heterocycles. The van der Waals surface area contributed by atoms with Crippen LogP contribution in [0.25, 0.3) is 0 Å². The molecule has 1 aromatic carbocycles. The van der Waals surface area contributed by atoms with E-state index in [9.17, 15) is 36.2 Å². The van der Waals surface area contributed by atoms with Gasteiger partial charge in [0.2, 0.25) is 0 Å². The third-order valence-electron chi connectivity index (χ3n) is 5.67. The Balaban J connectivity index is 3.57. The van der Waals surface area contributed by atoms with Gasteiger partial charge in [-0.25, -0.2) is 4.79 Å². The van der Waals surface area contributed by atoms with Crippen molar-refractivity contribution in [2.24, 2.45) is 5.41 Å². The Labute approximate surface area is 185 Å². The molecule has 184 valence electrons. The van der Waals surface area contributed by atoms with Crippen molar-refractivity contribution in [1.82, 2.24) is 0 Å². The summed E-state index contributed by atoms with van der Waals surface area (Å²) >= 11 is 0. The number of carbonyl (C=O) groups is 1. The van der Waals surface area contributed by atoms with E-state index in [1.54, 1.807) is 20.8 Å². The first-order valence-corrected chi connectivity index (χ1v) is 12.9. The number of rotatable bonds is 5. The summed E-state index contributed by atoms with van der Waals surface area (Å²) in [5, 5.41) is 9.46. The molecule has 1 aromatic rings. The van der Waals surface area contributed by atoms with Crippen molar-refractivity contribution in [2.75, 3.05) is 11.4 Å². The summed E-state index contributed by atoms with van der Waals surface area (Å²) in [5.74, 6) is 0. The first-order chi connectivity index (χ1) is 14.0. The number of anilines is 1. The van der Waals surface area contributed by atoms with E-state index in [0.717, 1.165) is 0 Å². The molecule has 0 aliphatic heterocycles. The molecule has 0 aliphatic carbocycles. The zero-order valence-electron chi connectivity index (χ0n) is 19.5. The molecule has 0 aliphatic rings. The van der Waals surface area contributed by atoms with Gasteiger partial charge in [-0.05, 0) is 41.7 Å². The van der Waals surface area contributed by atoms with Gasteiger partial charge in [-0.2, -0.15) is 26.3 Å². The molecule has 1 N–H and O–H groups in total. The van der Waals surface area contributed by atoms with E-state index in [-0.39, 0.29) is 11.1 Å². The average Bonchev–Trinajstić information content (AvgIpc) is 2.54. The molecule has 11 heteroatoms. The van der Waals surface area contributed by atoms with E-state index in [4.69, 9.17) is 4.43 Å². The van der Waals surface area contributed by atoms with Crippen molar-refractivity contribution in [1.29, 1.82) is 0 Å². The van der Waals surface area contributed by atoms with Crippen molar-refractivity contribution in [3.05, 3.63) is 29.3 Å². The fourth-order valence-electron chi connectivity index (χ4n) is 2.57. The van der Waals surface area contributed by atoms with Crippen molar-refractivity contribution in [3.63, 3.8) is 0 Å². The molecular weight excluding hydrogens is 456 g/mol. The van der Waals surface area contributed by atoms with Crippen LogP contribution in [-0.4, -0.2) is 32.2 Å². The lowest BCUT2D eigenvalue weighted by atomic mass is 9.89. The lowest BCUT2D eigenvalue weighted by Gasteiger charge is -2.44. The lowest BCUT2D eigenvalue weighted by molar-refractivity contribution is -0.143. The van der Waals surface area contributed by atoms with Gasteiger partial charge in [-0.1, -0.05) is 41.5 Å². The average molecular weight is 488 g/mol. The van der Waals surface area contributed by atoms with Gasteiger partial charge in [-0.3, -0.25) is 4.90 Å². The summed E-state index contributed by atoms with van der Waals surface area (Å²) in [4.78, 5) is 12.5. The molecule has 32 heavy (non-hydrogen) atoms. The number of benzene rings is 1. The highest BCUT2D eigenvalue weighted by molar-refractivity contribution is 6.74. The second-order valence-electron chi connectivity index (χ2n) is 10.4. The van der Waals surface area contributed by atoms with Crippen LogP contribution < -0.4 is 4.90 Å². The highest BCUT2D eigenvalue weighted by Crippen LogP contribution is 2.41. The maximum absolute atomic E-state index is 13.3. The van der Waals surface area contributed by atoms with Crippen molar-refractivity contribution in [3.8, 4) is 0 Å². The van der Waals surface area contributed by atoms with E-state index in [2.05, 4.69) is 0 Å². The van der Waals surface area contributed by atoms with Crippen LogP contribution in [-0.2, 0) is 16.8 Å². The van der Waals surface area contributed by atoms with Crippen molar-refractivity contribution in [2.45, 2.75) is 78.1 Å². The van der Waals surface area contributed by atoms with Gasteiger partial charge in [-0.15, -0.1) is 0 Å². The molecule has 0 saturated heterocycles. The first-order valence-electron chi connectivity index (χ1n) is 9.94. The summed E-state index contributed by atoms with van der Waals surface area (Å²) in [6.07, 6.45) is -12.6. The zero-order valence-corrected chi connectivity index (χ0v) is 20.5. The third kappa shape index (κ3) is 7.13. The van der Waals surface area contributed by atoms with E-state index in [1.165, 1.54) is 0 Å². The van der Waals surface area contributed by atoms with Crippen LogP contribution in [0.1, 0.15) is 52.7 Å². The topological polar surface area (TPSA) is 49.8 Å². The molecule has 0 saturated carbocycles. The summed E-state index contributed by atoms with van der Waals surface area (Å²) in [6, 6.07) is 0.793. The van der Waals surface area contributed by atoms with Crippen LogP contribution in [0.5, 0.6) is 0 Å². The maximum Gasteiger partial charge on any atom is 0.416 e. The van der Waals surface area contributed by atoms with Gasteiger partial charge in [0.05, 0.1) is 23.8 Å². The van der Waals surface area contributed by atoms with Gasteiger partial charge in [0.15, 0.2) is 8.32 Å². The summed E-state index contributed by atoms with van der Waals surface area (Å²) in [6.45, 7) is 14.7. The largest absolute Gasteiger partial charge is 0.465 e. The molecule has 0 spiro atoms. The number of amides is 1. The molecule has 4 nitrogen and oxygen atoms in total. The van der Waals surface area contributed by atoms with Gasteiger partial charge < -0.3 is 9.53 Å². The second-order valence-corrected chi connectivity index (χ2v) is 15.1. The minimum Gasteiger partial charge on any atom is -0.465 e. The summed E-state index contributed by atoms with van der Waals surface area (Å²) in [7, 11) is -2.44. The number of hydrogen-bond donors (Lipinski definition) is 1. The van der Waals surface area contributed by atoms with Crippen LogP contribution in [0.2, 0.25) is 18.1 Å². The Hall–Kier alpha value is -1.75. The van der Waals surface area contributed by atoms with Gasteiger partial charge in [0, 0.05) is 5.69 Å². The summed E-state index contributed by atoms with van der Waals surface area (Å²) < 4.78 is 85.9. The van der Waals surface area contributed by atoms with Crippen LogP contribution in [0.15, 0.2) is 18.2 Å². The normalized spacial score (nSPS) is 14.9. The number of halogens is 6. The van der Waals surface area contributed by atoms with Gasteiger partial charge in [0.25, 0.3) is 0 Å². The Kier molecular flexibility index (Phi) is 7.85. The standard InChI is InChI=1S/C21H31F6NO3Si/c1-18(2,3)16(31-32(7,8)19(4,5)6)12-28(17(29)30)15-10-13(20(22,23)24)9-14(11-15)21(25,26)27/h9-11,16H,12H2,1-8H3,(H,29,30). The second kappa shape index (κ2) is 8.89. The molecule has 0 fully saturated rings. The maximum atomic E-state index is 13.3. The zero-order chi connectivity index (χ0) is 25.5. The first kappa shape index (κ1) is 28.3. The van der Waals surface area contributed by atoms with Crippen LogP contribution in [0.4, 0.5) is 36.8 Å². The lowest BCUT2D eigenvalue weighted by Crippen LogP contribution is -2.52. The predicted molar refractivity (Wildman–Crippen MR) is 113 cm³/mol. The van der Waals surface area contributed by atoms with Crippen LogP contribution in [0.3, 0.4) is 0 Å². The van der Waals surface area contributed by atoms with E-state index < -0.39 is 61.6 Å². The Bertz CT molecular complexity index is 791. The molecule has 1 unspecified atom stereocenters. The third-order valence-corrected chi connectivity index (χ3v) is 10.2. The number of hydrogen-bond acceptors (Lipinski definition) is 2. The minimum atomic E-state index is -5.08. The molecule has 0 bridgehead atoms. The molecule has 0 radical (unpaired) electrons. The van der Waals surface area contributed by atoms with Gasteiger partial charge >= 0.3 is 18.4 Å². The molecule has 0 aromatic heterocycles. The quantitative estimate of drug-likeness (QED) is 0.343. The Morgan fingerprint density at radius 2 is 1.34 bits per heavy atom. The fourth-order valence-corrected chi connectivity index (χ4v) is 4.07. The predicted octanol–water partition coefficient (Wildman–Crippen LogP) is 7.65. The number of carboxylic acid groups (broad SMARTS) is 1. The number of alkyl halides is 6. The van der Waals surface area contributed by atoms with E-state index in [0.29, 0.717) is 17.0 Å². The molecule has 1 amide bonds. The van der Waals surface area contributed by atoms with Crippen LogP contribution in [0, 0.1) is 5.41 Å². The number of nitrogens with zero attached hydrogens (tertiary/aromatic N) is 1. The SMILES string of the molecule is CC(C)(C)C(CN(C(=O)O)c1cc(C(F)(F)F)cc(C(F)(F)F)c1)O[Si](C)(C)C(C)(C)C. The molecule has 1 atom stereocenters. The minimum absolute atomic E-state index is 0.0309. The van der Waals surface area contributed by atoms with E-state index in [1.807, 2.05) is 33.9 Å². The fraction of sp³-hybridized carbons (Fsp3) is 0.667. The van der Waals surface area contributed by atoms with Crippen molar-refractivity contribution >= 4 is 20.1 Å². The smallest absolute Gasteiger partial charge is 0.416 e. The van der Waals surface area contributed by atoms with Crippen LogP contribution >= 0.6 is 0 Å². The highest BCUT2D eigenvalue weighted by Gasteiger charge is 2.43. The Morgan fingerprint density at radius 1 is 0.938 bits per heavy atom. The highest BCUT2D eigenvalue weighted by atomic mass is 28.4. The van der Waals surface area contributed by atoms with Gasteiger partial charge in [0.1, 0.15) is 0 Å². The molecule has 1 rings (SSSR count). The van der Waals surface area contributed by atoms with E-state index >= 15 is 0 Å². The molecular formula is C21H31F6NO3Si. The monoisotopic (exact) mass is 487 g/mol. The van der Waals surface area contributed by atoms with Crippen molar-refractivity contribution < 1.29 is 40.7 Å². The summed E-state index contributed by atoms with van der Waals surface area (Å²) in [5.41, 5.74) is -4.51.